The van der Waals surface area contributed by atoms with E-state index >= 15 is 0 Å². The lowest BCUT2D eigenvalue weighted by atomic mass is 10.2. The van der Waals surface area contributed by atoms with Crippen molar-refractivity contribution in [1.82, 2.24) is 20.4 Å². The third-order valence-corrected chi connectivity index (χ3v) is 4.32. The van der Waals surface area contributed by atoms with Crippen LogP contribution in [0.3, 0.4) is 0 Å². The molecule has 0 atom stereocenters. The van der Waals surface area contributed by atoms with Crippen molar-refractivity contribution in [1.29, 1.82) is 0 Å². The first-order chi connectivity index (χ1) is 13.6. The van der Waals surface area contributed by atoms with Crippen LogP contribution in [0.2, 0.25) is 0 Å². The first-order valence-corrected chi connectivity index (χ1v) is 9.15. The van der Waals surface area contributed by atoms with Crippen LogP contribution < -0.4 is 16.1 Å². The number of hydrogen-bond acceptors (Lipinski definition) is 4. The summed E-state index contributed by atoms with van der Waals surface area (Å²) in [6.45, 7) is 1.10. The third kappa shape index (κ3) is 5.26. The number of nitrogens with one attached hydrogen (secondary N) is 2. The normalized spacial score (nSPS) is 10.6. The molecule has 0 unspecified atom stereocenters. The summed E-state index contributed by atoms with van der Waals surface area (Å²) in [6, 6.07) is 16.8. The number of rotatable bonds is 8. The maximum absolute atomic E-state index is 12.0. The zero-order chi connectivity index (χ0) is 19.8. The van der Waals surface area contributed by atoms with Crippen LogP contribution in [0.1, 0.15) is 18.4 Å². The van der Waals surface area contributed by atoms with Gasteiger partial charge in [-0.3, -0.25) is 19.1 Å². The first-order valence-electron chi connectivity index (χ1n) is 9.15. The summed E-state index contributed by atoms with van der Waals surface area (Å²) in [5, 5.41) is 10.2. The minimum atomic E-state index is -0.166. The highest BCUT2D eigenvalue weighted by Gasteiger charge is 2.07. The molecule has 0 aliphatic heterocycles. The van der Waals surface area contributed by atoms with E-state index in [1.165, 1.54) is 6.20 Å². The predicted molar refractivity (Wildman–Crippen MR) is 107 cm³/mol. The van der Waals surface area contributed by atoms with E-state index in [4.69, 9.17) is 0 Å². The highest BCUT2D eigenvalue weighted by molar-refractivity contribution is 5.80. The van der Waals surface area contributed by atoms with Gasteiger partial charge >= 0.3 is 0 Å². The quantitative estimate of drug-likeness (QED) is 0.623. The number of hydrogen-bond donors (Lipinski definition) is 2. The summed E-state index contributed by atoms with van der Waals surface area (Å²) < 4.78 is 1.64. The molecule has 7 nitrogen and oxygen atoms in total. The van der Waals surface area contributed by atoms with Crippen LogP contribution >= 0.6 is 0 Å². The van der Waals surface area contributed by atoms with Crippen molar-refractivity contribution in [2.24, 2.45) is 0 Å². The van der Waals surface area contributed by atoms with Crippen LogP contribution in [0.4, 0.5) is 0 Å². The van der Waals surface area contributed by atoms with Crippen molar-refractivity contribution < 1.29 is 9.59 Å². The highest BCUT2D eigenvalue weighted by Crippen LogP contribution is 2.08. The topological polar surface area (TPSA) is 93.1 Å². The fourth-order valence-corrected chi connectivity index (χ4v) is 2.84. The van der Waals surface area contributed by atoms with Crippen LogP contribution in [0.15, 0.2) is 65.6 Å². The molecule has 3 rings (SSSR count). The van der Waals surface area contributed by atoms with E-state index in [2.05, 4.69) is 15.7 Å². The molecule has 0 bridgehead atoms. The Labute approximate surface area is 162 Å². The van der Waals surface area contributed by atoms with Gasteiger partial charge in [-0.15, -0.1) is 0 Å². The number of amides is 2. The van der Waals surface area contributed by atoms with E-state index in [1.807, 2.05) is 36.4 Å². The van der Waals surface area contributed by atoms with E-state index in [1.54, 1.807) is 22.9 Å². The summed E-state index contributed by atoms with van der Waals surface area (Å²) in [4.78, 5) is 35.7. The molecule has 1 aromatic heterocycles. The van der Waals surface area contributed by atoms with E-state index in [0.29, 0.717) is 24.0 Å². The Kier molecular flexibility index (Phi) is 6.51. The van der Waals surface area contributed by atoms with Gasteiger partial charge in [0.1, 0.15) is 0 Å². The van der Waals surface area contributed by atoms with Crippen LogP contribution in [-0.2, 0) is 22.7 Å². The number of carbonyl (C=O) groups excluding carboxylic acids is 2. The van der Waals surface area contributed by atoms with E-state index < -0.39 is 0 Å². The van der Waals surface area contributed by atoms with Gasteiger partial charge in [-0.25, -0.2) is 0 Å². The number of fused-ring (bicyclic) bond motifs is 1. The molecule has 0 fully saturated rings. The van der Waals surface area contributed by atoms with Gasteiger partial charge in [0, 0.05) is 31.3 Å². The Morgan fingerprint density at radius 3 is 2.43 bits per heavy atom. The number of benzene rings is 2. The summed E-state index contributed by atoms with van der Waals surface area (Å²) in [5.74, 6) is -0.280. The van der Waals surface area contributed by atoms with Gasteiger partial charge in [-0.2, -0.15) is 5.10 Å². The molecule has 0 radical (unpaired) electrons. The SMILES string of the molecule is O=C(CCn1ncc(=O)c2ccccc21)NCCC(=O)NCc1ccccc1. The largest absolute Gasteiger partial charge is 0.356 e. The van der Waals surface area contributed by atoms with Crippen LogP contribution in [-0.4, -0.2) is 28.1 Å². The smallest absolute Gasteiger partial charge is 0.222 e. The highest BCUT2D eigenvalue weighted by atomic mass is 16.2. The van der Waals surface area contributed by atoms with Gasteiger partial charge in [0.05, 0.1) is 18.3 Å². The molecule has 2 N–H and O–H groups in total. The summed E-state index contributed by atoms with van der Waals surface area (Å²) in [7, 11) is 0. The zero-order valence-corrected chi connectivity index (χ0v) is 15.4. The van der Waals surface area contributed by atoms with Crippen LogP contribution in [0.25, 0.3) is 10.9 Å². The molecule has 0 saturated carbocycles. The van der Waals surface area contributed by atoms with Gasteiger partial charge < -0.3 is 10.6 Å². The lowest BCUT2D eigenvalue weighted by Crippen LogP contribution is -2.31. The van der Waals surface area contributed by atoms with Crippen molar-refractivity contribution in [2.45, 2.75) is 25.9 Å². The number of nitrogens with zero attached hydrogens (tertiary/aromatic N) is 2. The van der Waals surface area contributed by atoms with Gasteiger partial charge in [-0.05, 0) is 17.7 Å². The molecule has 7 heteroatoms. The van der Waals surface area contributed by atoms with Crippen LogP contribution in [0, 0.1) is 0 Å². The van der Waals surface area contributed by atoms with Gasteiger partial charge in [-0.1, -0.05) is 42.5 Å². The van der Waals surface area contributed by atoms with Crippen LogP contribution in [0.5, 0.6) is 0 Å². The number of aromatic nitrogens is 2. The Balaban J connectivity index is 1.41. The second-order valence-electron chi connectivity index (χ2n) is 6.36. The van der Waals surface area contributed by atoms with E-state index in [0.717, 1.165) is 5.56 Å². The maximum Gasteiger partial charge on any atom is 0.222 e. The number of carbonyl (C=O) groups is 2. The van der Waals surface area contributed by atoms with Crippen molar-refractivity contribution in [2.75, 3.05) is 6.54 Å². The maximum atomic E-state index is 12.0. The summed E-state index contributed by atoms with van der Waals surface area (Å²) >= 11 is 0. The molecule has 0 saturated heterocycles. The molecular weight excluding hydrogens is 356 g/mol. The Morgan fingerprint density at radius 2 is 1.61 bits per heavy atom. The molecule has 1 heterocycles. The molecule has 144 valence electrons. The summed E-state index contributed by atoms with van der Waals surface area (Å²) in [6.07, 6.45) is 1.70. The fraction of sp³-hybridized carbons (Fsp3) is 0.238. The van der Waals surface area contributed by atoms with E-state index in [9.17, 15) is 14.4 Å². The molecule has 3 aromatic rings. The summed E-state index contributed by atoms with van der Waals surface area (Å²) in [5.41, 5.74) is 1.58. The Hall–Kier alpha value is -3.48. The average molecular weight is 378 g/mol. The fourth-order valence-electron chi connectivity index (χ4n) is 2.84. The van der Waals surface area contributed by atoms with Gasteiger partial charge in [0.15, 0.2) is 0 Å². The standard InChI is InChI=1S/C21H22N4O3/c26-19-15-24-25(18-9-5-4-8-17(18)19)13-11-21(28)22-12-10-20(27)23-14-16-6-2-1-3-7-16/h1-9,15H,10-14H2,(H,22,28)(H,23,27). The lowest BCUT2D eigenvalue weighted by Gasteiger charge is -2.10. The van der Waals surface area contributed by atoms with Crippen molar-refractivity contribution in [3.8, 4) is 0 Å². The Morgan fingerprint density at radius 1 is 0.893 bits per heavy atom. The van der Waals surface area contributed by atoms with E-state index in [-0.39, 0.29) is 36.6 Å². The number of aryl methyl sites for hydroxylation is 1. The minimum absolute atomic E-state index is 0.114. The molecule has 0 spiro atoms. The Bertz CT molecular complexity index is 1010. The molecule has 0 aliphatic rings. The first kappa shape index (κ1) is 19.3. The second kappa shape index (κ2) is 9.45. The van der Waals surface area contributed by atoms with Crippen molar-refractivity contribution in [3.63, 3.8) is 0 Å². The third-order valence-electron chi connectivity index (χ3n) is 4.32. The van der Waals surface area contributed by atoms with Crippen molar-refractivity contribution >= 4 is 22.7 Å². The molecule has 2 aromatic carbocycles. The molecular formula is C21H22N4O3. The number of para-hydroxylation sites is 1. The predicted octanol–water partition coefficient (Wildman–Crippen LogP) is 1.61. The van der Waals surface area contributed by atoms with Gasteiger partial charge in [0.25, 0.3) is 0 Å². The second-order valence-corrected chi connectivity index (χ2v) is 6.36. The molecule has 28 heavy (non-hydrogen) atoms. The van der Waals surface area contributed by atoms with Crippen molar-refractivity contribution in [3.05, 3.63) is 76.6 Å². The molecule has 2 amide bonds. The van der Waals surface area contributed by atoms with Gasteiger partial charge in [0.2, 0.25) is 17.2 Å². The zero-order valence-electron chi connectivity index (χ0n) is 15.4. The minimum Gasteiger partial charge on any atom is -0.356 e. The average Bonchev–Trinajstić information content (AvgIpc) is 2.73. The molecule has 0 aliphatic carbocycles. The monoisotopic (exact) mass is 378 g/mol. The lowest BCUT2D eigenvalue weighted by molar-refractivity contribution is -0.122.